The van der Waals surface area contributed by atoms with Gasteiger partial charge in [-0.1, -0.05) is 18.5 Å². The van der Waals surface area contributed by atoms with Crippen molar-refractivity contribution < 1.29 is 0 Å². The molecule has 0 radical (unpaired) electrons. The molecule has 1 aromatic heterocycles. The van der Waals surface area contributed by atoms with E-state index in [4.69, 9.17) is 11.6 Å². The molecule has 0 aromatic carbocycles. The lowest BCUT2D eigenvalue weighted by molar-refractivity contribution is 0.214. The minimum atomic E-state index is 0.535. The maximum atomic E-state index is 6.05. The fourth-order valence-electron chi connectivity index (χ4n) is 2.48. The zero-order valence-electron chi connectivity index (χ0n) is 11.7. The molecule has 1 saturated heterocycles. The van der Waals surface area contributed by atoms with Crippen molar-refractivity contribution in [1.29, 1.82) is 0 Å². The van der Waals surface area contributed by atoms with Crippen LogP contribution in [-0.2, 0) is 6.42 Å². The molecule has 0 amide bonds. The van der Waals surface area contributed by atoms with Crippen molar-refractivity contribution in [2.24, 2.45) is 0 Å². The van der Waals surface area contributed by atoms with Gasteiger partial charge in [0, 0.05) is 35.0 Å². The molecule has 1 N–H and O–H groups in total. The Morgan fingerprint density at radius 2 is 2.37 bits per heavy atom. The largest absolute Gasteiger partial charge is 0.312 e. The van der Waals surface area contributed by atoms with Gasteiger partial charge >= 0.3 is 0 Å². The highest BCUT2D eigenvalue weighted by atomic mass is 35.5. The van der Waals surface area contributed by atoms with Gasteiger partial charge in [-0.15, -0.1) is 11.3 Å². The van der Waals surface area contributed by atoms with Crippen LogP contribution in [0.4, 0.5) is 0 Å². The molecule has 1 fully saturated rings. The lowest BCUT2D eigenvalue weighted by Gasteiger charge is -2.38. The van der Waals surface area contributed by atoms with Gasteiger partial charge in [-0.25, -0.2) is 0 Å². The van der Waals surface area contributed by atoms with Gasteiger partial charge in [0.05, 0.1) is 4.34 Å². The maximum Gasteiger partial charge on any atom is 0.0931 e. The molecular weight excluding hydrogens is 296 g/mol. The molecule has 2 nitrogen and oxygen atoms in total. The van der Waals surface area contributed by atoms with Crippen LogP contribution in [0.3, 0.4) is 0 Å². The van der Waals surface area contributed by atoms with E-state index >= 15 is 0 Å². The highest BCUT2D eigenvalue weighted by molar-refractivity contribution is 7.99. The van der Waals surface area contributed by atoms with E-state index in [2.05, 4.69) is 42.0 Å². The first-order valence-electron chi connectivity index (χ1n) is 6.96. The van der Waals surface area contributed by atoms with Crippen LogP contribution in [0, 0.1) is 0 Å². The van der Waals surface area contributed by atoms with Gasteiger partial charge in [0.15, 0.2) is 0 Å². The van der Waals surface area contributed by atoms with E-state index in [1.165, 1.54) is 29.3 Å². The van der Waals surface area contributed by atoms with Gasteiger partial charge in [-0.3, -0.25) is 0 Å². The van der Waals surface area contributed by atoms with Gasteiger partial charge in [-0.05, 0) is 38.6 Å². The van der Waals surface area contributed by atoms with E-state index in [1.807, 2.05) is 6.07 Å². The van der Waals surface area contributed by atoms with Crippen LogP contribution in [0.5, 0.6) is 0 Å². The Morgan fingerprint density at radius 3 is 3.00 bits per heavy atom. The van der Waals surface area contributed by atoms with Crippen molar-refractivity contribution in [2.45, 2.75) is 31.8 Å². The summed E-state index contributed by atoms with van der Waals surface area (Å²) in [5.41, 5.74) is 0. The first kappa shape index (κ1) is 15.6. The van der Waals surface area contributed by atoms with E-state index in [1.54, 1.807) is 11.3 Å². The second kappa shape index (κ2) is 7.89. The lowest BCUT2D eigenvalue weighted by atomic mass is 10.0. The summed E-state index contributed by atoms with van der Waals surface area (Å²) in [7, 11) is 2.26. The van der Waals surface area contributed by atoms with E-state index in [0.717, 1.165) is 17.3 Å². The summed E-state index contributed by atoms with van der Waals surface area (Å²) >= 11 is 9.84. The van der Waals surface area contributed by atoms with Crippen LogP contribution < -0.4 is 5.32 Å². The highest BCUT2D eigenvalue weighted by Crippen LogP contribution is 2.25. The standard InChI is InChI=1S/C14H23ClN2S2/c1-3-6-16-12(9-11-4-5-14(15)19-11)13-10-18-8-7-17(13)2/h4-5,12-13,16H,3,6-10H2,1-2H3. The summed E-state index contributed by atoms with van der Waals surface area (Å²) in [6.07, 6.45) is 2.28. The van der Waals surface area contributed by atoms with E-state index in [9.17, 15) is 0 Å². The summed E-state index contributed by atoms with van der Waals surface area (Å²) in [6, 6.07) is 5.35. The third-order valence-electron chi connectivity index (χ3n) is 3.61. The van der Waals surface area contributed by atoms with E-state index in [0.29, 0.717) is 12.1 Å². The molecule has 0 bridgehead atoms. The quantitative estimate of drug-likeness (QED) is 0.866. The zero-order chi connectivity index (χ0) is 13.7. The number of nitrogens with one attached hydrogen (secondary N) is 1. The topological polar surface area (TPSA) is 15.3 Å². The average Bonchev–Trinajstić information content (AvgIpc) is 2.81. The van der Waals surface area contributed by atoms with Crippen molar-refractivity contribution in [1.82, 2.24) is 10.2 Å². The van der Waals surface area contributed by atoms with E-state index < -0.39 is 0 Å². The Kier molecular flexibility index (Phi) is 6.50. The fourth-order valence-corrected chi connectivity index (χ4v) is 4.94. The molecule has 1 aliphatic heterocycles. The number of thiophene rings is 1. The van der Waals surface area contributed by atoms with Crippen LogP contribution in [-0.4, -0.2) is 48.6 Å². The van der Waals surface area contributed by atoms with Crippen LogP contribution >= 0.6 is 34.7 Å². The summed E-state index contributed by atoms with van der Waals surface area (Å²) in [4.78, 5) is 3.90. The number of likely N-dealkylation sites (N-methyl/N-ethyl adjacent to an activating group) is 1. The fraction of sp³-hybridized carbons (Fsp3) is 0.714. The number of thioether (sulfide) groups is 1. The van der Waals surface area contributed by atoms with Gasteiger partial charge < -0.3 is 10.2 Å². The second-order valence-electron chi connectivity index (χ2n) is 5.09. The molecule has 2 unspecified atom stereocenters. The molecule has 108 valence electrons. The molecule has 5 heteroatoms. The molecule has 2 rings (SSSR count). The molecule has 0 saturated carbocycles. The Labute approximate surface area is 129 Å². The predicted octanol–water partition coefficient (Wildman–Crippen LogP) is 3.36. The Hall–Kier alpha value is 0.260. The molecule has 2 atom stereocenters. The van der Waals surface area contributed by atoms with Crippen LogP contribution in [0.2, 0.25) is 4.34 Å². The summed E-state index contributed by atoms with van der Waals surface area (Å²) < 4.78 is 0.899. The van der Waals surface area contributed by atoms with Crippen LogP contribution in [0.1, 0.15) is 18.2 Å². The summed E-state index contributed by atoms with van der Waals surface area (Å²) in [6.45, 7) is 4.52. The van der Waals surface area contributed by atoms with Crippen molar-refractivity contribution >= 4 is 34.7 Å². The van der Waals surface area contributed by atoms with Gasteiger partial charge in [-0.2, -0.15) is 11.8 Å². The molecule has 1 aliphatic rings. The second-order valence-corrected chi connectivity index (χ2v) is 8.04. The summed E-state index contributed by atoms with van der Waals surface area (Å²) in [5.74, 6) is 2.50. The number of halogens is 1. The monoisotopic (exact) mass is 318 g/mol. The number of hydrogen-bond acceptors (Lipinski definition) is 4. The minimum Gasteiger partial charge on any atom is -0.312 e. The number of rotatable bonds is 6. The SMILES string of the molecule is CCCNC(Cc1ccc(Cl)s1)C1CSCCN1C. The Balaban J connectivity index is 2.01. The highest BCUT2D eigenvalue weighted by Gasteiger charge is 2.28. The van der Waals surface area contributed by atoms with Gasteiger partial charge in [0.25, 0.3) is 0 Å². The normalized spacial score (nSPS) is 22.6. The van der Waals surface area contributed by atoms with Crippen molar-refractivity contribution in [3.8, 4) is 0 Å². The van der Waals surface area contributed by atoms with Gasteiger partial charge in [0.2, 0.25) is 0 Å². The number of nitrogens with zero attached hydrogens (tertiary/aromatic N) is 1. The average molecular weight is 319 g/mol. The van der Waals surface area contributed by atoms with Gasteiger partial charge in [0.1, 0.15) is 0 Å². The number of hydrogen-bond donors (Lipinski definition) is 1. The van der Waals surface area contributed by atoms with Crippen molar-refractivity contribution in [3.05, 3.63) is 21.3 Å². The Bertz CT molecular complexity index is 383. The molecule has 0 aliphatic carbocycles. The zero-order valence-corrected chi connectivity index (χ0v) is 14.1. The minimum absolute atomic E-state index is 0.535. The molecule has 19 heavy (non-hydrogen) atoms. The van der Waals surface area contributed by atoms with E-state index in [-0.39, 0.29) is 0 Å². The summed E-state index contributed by atoms with van der Waals surface area (Å²) in [5, 5.41) is 3.74. The molecule has 2 heterocycles. The van der Waals surface area contributed by atoms with Crippen molar-refractivity contribution in [2.75, 3.05) is 31.6 Å². The third-order valence-corrected chi connectivity index (χ3v) is 5.92. The van der Waals surface area contributed by atoms with Crippen molar-refractivity contribution in [3.63, 3.8) is 0 Å². The first-order chi connectivity index (χ1) is 9.20. The Morgan fingerprint density at radius 1 is 1.53 bits per heavy atom. The maximum absolute atomic E-state index is 6.05. The molecule has 1 aromatic rings. The van der Waals surface area contributed by atoms with Crippen LogP contribution in [0.15, 0.2) is 12.1 Å². The third kappa shape index (κ3) is 4.64. The molecular formula is C14H23ClN2S2. The smallest absolute Gasteiger partial charge is 0.0931 e. The molecule has 0 spiro atoms. The van der Waals surface area contributed by atoms with Crippen LogP contribution in [0.25, 0.3) is 0 Å². The first-order valence-corrected chi connectivity index (χ1v) is 9.31. The lowest BCUT2D eigenvalue weighted by Crippen LogP contribution is -2.53. The predicted molar refractivity (Wildman–Crippen MR) is 88.9 cm³/mol.